The van der Waals surface area contributed by atoms with Crippen LogP contribution in [0.2, 0.25) is 0 Å². The summed E-state index contributed by atoms with van der Waals surface area (Å²) in [4.78, 5) is 2.29. The number of rotatable bonds is 5. The van der Waals surface area contributed by atoms with E-state index in [0.717, 1.165) is 48.5 Å². The molecule has 1 aromatic heterocycles. The maximum atomic E-state index is 13.1. The summed E-state index contributed by atoms with van der Waals surface area (Å²) in [5.41, 5.74) is 2.23. The number of halogens is 3. The summed E-state index contributed by atoms with van der Waals surface area (Å²) >= 11 is 0. The molecule has 1 aliphatic heterocycles. The van der Waals surface area contributed by atoms with Gasteiger partial charge in [-0.3, -0.25) is 4.90 Å². The minimum Gasteiger partial charge on any atom is -0.493 e. The van der Waals surface area contributed by atoms with Gasteiger partial charge in [-0.1, -0.05) is 24.3 Å². The third-order valence-electron chi connectivity index (χ3n) is 5.77. The van der Waals surface area contributed by atoms with Gasteiger partial charge in [0.25, 0.3) is 0 Å². The molecule has 0 spiro atoms. The molecule has 1 atom stereocenters. The van der Waals surface area contributed by atoms with E-state index in [-0.39, 0.29) is 6.04 Å². The molecule has 0 saturated carbocycles. The van der Waals surface area contributed by atoms with E-state index in [9.17, 15) is 13.2 Å². The predicted octanol–water partition coefficient (Wildman–Crippen LogP) is 5.52. The quantitative estimate of drug-likeness (QED) is 0.533. The molecule has 2 aromatic carbocycles. The number of fused-ring (bicyclic) bond motifs is 1. The molecule has 0 saturated heterocycles. The third kappa shape index (κ3) is 4.28. The van der Waals surface area contributed by atoms with Crippen molar-refractivity contribution in [3.63, 3.8) is 0 Å². The van der Waals surface area contributed by atoms with Crippen molar-refractivity contribution in [2.24, 2.45) is 0 Å². The smallest absolute Gasteiger partial charge is 0.416 e. The molecule has 0 aliphatic carbocycles. The zero-order valence-corrected chi connectivity index (χ0v) is 17.5. The lowest BCUT2D eigenvalue weighted by Crippen LogP contribution is -2.29. The van der Waals surface area contributed by atoms with Crippen molar-refractivity contribution in [2.45, 2.75) is 31.7 Å². The minimum atomic E-state index is -4.35. The van der Waals surface area contributed by atoms with Crippen molar-refractivity contribution in [1.29, 1.82) is 0 Å². The lowest BCUT2D eigenvalue weighted by molar-refractivity contribution is -0.137. The van der Waals surface area contributed by atoms with E-state index >= 15 is 0 Å². The van der Waals surface area contributed by atoms with Crippen LogP contribution in [-0.4, -0.2) is 30.2 Å². The number of ether oxygens (including phenoxy) is 2. The molecule has 31 heavy (non-hydrogen) atoms. The number of aromatic nitrogens is 1. The van der Waals surface area contributed by atoms with Crippen LogP contribution in [0, 0.1) is 0 Å². The summed E-state index contributed by atoms with van der Waals surface area (Å²) in [6, 6.07) is 15.1. The Balaban J connectivity index is 1.74. The van der Waals surface area contributed by atoms with Crippen molar-refractivity contribution in [1.82, 2.24) is 9.47 Å². The fourth-order valence-electron chi connectivity index (χ4n) is 4.34. The number of hydrogen-bond donors (Lipinski definition) is 0. The summed E-state index contributed by atoms with van der Waals surface area (Å²) in [6.07, 6.45) is -1.39. The minimum absolute atomic E-state index is 0.171. The number of methoxy groups -OCH3 is 2. The first-order chi connectivity index (χ1) is 14.9. The Morgan fingerprint density at radius 1 is 0.935 bits per heavy atom. The molecule has 164 valence electrons. The Morgan fingerprint density at radius 3 is 2.39 bits per heavy atom. The molecule has 4 nitrogen and oxygen atoms in total. The van der Waals surface area contributed by atoms with Gasteiger partial charge in [-0.05, 0) is 42.3 Å². The van der Waals surface area contributed by atoms with Crippen molar-refractivity contribution >= 4 is 0 Å². The normalized spacial score (nSPS) is 17.1. The lowest BCUT2D eigenvalue weighted by atomic mass is 9.99. The average Bonchev–Trinajstić information content (AvgIpc) is 3.14. The second-order valence-electron chi connectivity index (χ2n) is 7.63. The molecule has 1 aliphatic rings. The fourth-order valence-corrected chi connectivity index (χ4v) is 4.34. The molecule has 0 amide bonds. The number of hydrogen-bond acceptors (Lipinski definition) is 3. The highest BCUT2D eigenvalue weighted by Crippen LogP contribution is 2.38. The van der Waals surface area contributed by atoms with Crippen LogP contribution in [0.4, 0.5) is 13.2 Å². The van der Waals surface area contributed by atoms with Crippen LogP contribution in [0.1, 0.15) is 34.8 Å². The highest BCUT2D eigenvalue weighted by molar-refractivity contribution is 5.47. The lowest BCUT2D eigenvalue weighted by Gasteiger charge is -2.31. The number of para-hydroxylation sites is 1. The van der Waals surface area contributed by atoms with Gasteiger partial charge in [-0.15, -0.1) is 0 Å². The van der Waals surface area contributed by atoms with E-state index < -0.39 is 11.7 Å². The van der Waals surface area contributed by atoms with E-state index in [4.69, 9.17) is 9.47 Å². The average molecular weight is 430 g/mol. The monoisotopic (exact) mass is 430 g/mol. The van der Waals surface area contributed by atoms with Crippen LogP contribution < -0.4 is 9.47 Å². The predicted molar refractivity (Wildman–Crippen MR) is 112 cm³/mol. The number of alkyl halides is 3. The van der Waals surface area contributed by atoms with Crippen LogP contribution in [0.15, 0.2) is 60.8 Å². The van der Waals surface area contributed by atoms with Gasteiger partial charge in [0.2, 0.25) is 0 Å². The first-order valence-electron chi connectivity index (χ1n) is 10.2. The molecule has 0 fully saturated rings. The summed E-state index contributed by atoms with van der Waals surface area (Å²) < 4.78 is 52.5. The summed E-state index contributed by atoms with van der Waals surface area (Å²) in [5, 5.41) is 0. The maximum Gasteiger partial charge on any atom is 0.416 e. The van der Waals surface area contributed by atoms with E-state index in [2.05, 4.69) is 9.47 Å². The Labute approximate surface area is 179 Å². The van der Waals surface area contributed by atoms with Crippen molar-refractivity contribution in [3.8, 4) is 11.5 Å². The number of aryl methyl sites for hydroxylation is 1. The van der Waals surface area contributed by atoms with Gasteiger partial charge in [0.15, 0.2) is 11.5 Å². The molecule has 3 aromatic rings. The third-order valence-corrected chi connectivity index (χ3v) is 5.77. The molecular formula is C24H25F3N2O2. The Kier molecular flexibility index (Phi) is 5.96. The number of benzene rings is 2. The van der Waals surface area contributed by atoms with E-state index in [0.29, 0.717) is 18.0 Å². The zero-order chi connectivity index (χ0) is 22.0. The second kappa shape index (κ2) is 8.67. The topological polar surface area (TPSA) is 26.6 Å². The molecule has 0 bridgehead atoms. The molecular weight excluding hydrogens is 405 g/mol. The summed E-state index contributed by atoms with van der Waals surface area (Å²) in [6.45, 7) is 2.25. The van der Waals surface area contributed by atoms with Crippen molar-refractivity contribution in [3.05, 3.63) is 83.2 Å². The maximum absolute atomic E-state index is 13.1. The SMILES string of the molecule is COc1cccc(CN2CCCn3cccc3[C@@H]2c2ccc(C(F)(F)F)cc2)c1OC. The summed E-state index contributed by atoms with van der Waals surface area (Å²) in [5.74, 6) is 1.33. The molecule has 4 rings (SSSR count). The summed E-state index contributed by atoms with van der Waals surface area (Å²) in [7, 11) is 3.22. The van der Waals surface area contributed by atoms with Crippen LogP contribution in [0.25, 0.3) is 0 Å². The van der Waals surface area contributed by atoms with Gasteiger partial charge in [-0.2, -0.15) is 13.2 Å². The van der Waals surface area contributed by atoms with E-state index in [1.165, 1.54) is 0 Å². The van der Waals surface area contributed by atoms with Gasteiger partial charge < -0.3 is 14.0 Å². The first kappa shape index (κ1) is 21.3. The standard InChI is InChI=1S/C24H25F3N2O2/c1-30-21-8-3-6-18(23(21)31-2)16-29-15-5-14-28-13-4-7-20(28)22(29)17-9-11-19(12-10-17)24(25,26)27/h3-4,6-13,22H,5,14-16H2,1-2H3/t22-/m0/s1. The highest BCUT2D eigenvalue weighted by Gasteiger charge is 2.32. The molecule has 2 heterocycles. The van der Waals surface area contributed by atoms with Crippen molar-refractivity contribution < 1.29 is 22.6 Å². The molecule has 7 heteroatoms. The van der Waals surface area contributed by atoms with Crippen LogP contribution in [0.3, 0.4) is 0 Å². The molecule has 0 N–H and O–H groups in total. The van der Waals surface area contributed by atoms with E-state index in [1.54, 1.807) is 26.4 Å². The second-order valence-corrected chi connectivity index (χ2v) is 7.63. The van der Waals surface area contributed by atoms with Gasteiger partial charge in [0.05, 0.1) is 25.8 Å². The number of nitrogens with zero attached hydrogens (tertiary/aromatic N) is 2. The fraction of sp³-hybridized carbons (Fsp3) is 0.333. The van der Waals surface area contributed by atoms with Crippen LogP contribution in [-0.2, 0) is 19.3 Å². The molecule has 0 radical (unpaired) electrons. The van der Waals surface area contributed by atoms with Gasteiger partial charge in [-0.25, -0.2) is 0 Å². The van der Waals surface area contributed by atoms with Crippen molar-refractivity contribution in [2.75, 3.05) is 20.8 Å². The highest BCUT2D eigenvalue weighted by atomic mass is 19.4. The Bertz CT molecular complexity index is 1030. The van der Waals surface area contributed by atoms with Gasteiger partial charge in [0, 0.05) is 37.1 Å². The molecule has 0 unspecified atom stereocenters. The van der Waals surface area contributed by atoms with Gasteiger partial charge >= 0.3 is 6.18 Å². The van der Waals surface area contributed by atoms with Crippen LogP contribution >= 0.6 is 0 Å². The van der Waals surface area contributed by atoms with E-state index in [1.807, 2.05) is 36.5 Å². The van der Waals surface area contributed by atoms with Crippen LogP contribution in [0.5, 0.6) is 11.5 Å². The zero-order valence-electron chi connectivity index (χ0n) is 17.5. The first-order valence-corrected chi connectivity index (χ1v) is 10.2. The Hall–Kier alpha value is -2.93. The largest absolute Gasteiger partial charge is 0.493 e. The van der Waals surface area contributed by atoms with Gasteiger partial charge in [0.1, 0.15) is 0 Å². The Morgan fingerprint density at radius 2 is 1.71 bits per heavy atom.